The number of hydrogen-bond donors (Lipinski definition) is 1. The number of fused-ring (bicyclic) bond motifs is 3. The van der Waals surface area contributed by atoms with Gasteiger partial charge in [-0.3, -0.25) is 39.1 Å². The van der Waals surface area contributed by atoms with Crippen LogP contribution in [0.4, 0.5) is 28.7 Å². The average Bonchev–Trinajstić information content (AvgIpc) is 3.80. The number of aryl methyl sites for hydroxylation is 4. The fourth-order valence-electron chi connectivity index (χ4n) is 7.82. The van der Waals surface area contributed by atoms with Gasteiger partial charge in [0, 0.05) is 34.9 Å². The number of nitrogens with zero attached hydrogens (tertiary/aromatic N) is 9. The van der Waals surface area contributed by atoms with Gasteiger partial charge in [-0.15, -0.1) is 0 Å². The minimum absolute atomic E-state index is 0.00162. The molecule has 3 aliphatic heterocycles. The lowest BCUT2D eigenvalue weighted by molar-refractivity contribution is -0.122. The number of para-hydroxylation sites is 1. The van der Waals surface area contributed by atoms with Crippen LogP contribution >= 0.6 is 0 Å². The van der Waals surface area contributed by atoms with E-state index < -0.39 is 10.8 Å². The number of carbonyl (C=O) groups excluding carboxylic acids is 3. The highest BCUT2D eigenvalue weighted by Gasteiger charge is 2.46. The summed E-state index contributed by atoms with van der Waals surface area (Å²) >= 11 is 0. The van der Waals surface area contributed by atoms with E-state index in [-0.39, 0.29) is 17.7 Å². The van der Waals surface area contributed by atoms with Gasteiger partial charge in [-0.2, -0.15) is 0 Å². The highest BCUT2D eigenvalue weighted by atomic mass is 16.2. The van der Waals surface area contributed by atoms with Crippen molar-refractivity contribution in [1.29, 1.82) is 0 Å². The summed E-state index contributed by atoms with van der Waals surface area (Å²) in [5.74, 6) is 1.88. The SMILES string of the molecule is Cc1cccc(-c2ccc3c(c2)N(c2cncc(C)n2)C(=O)C3(C)C)n1.Cc1cnc(N2C(=O)C(C)(C)c3ccc(-c4ccnc(C)n4)cc32)cn1.O=C1Cc2ccccc2N1. The van der Waals surface area contributed by atoms with Crippen molar-refractivity contribution in [2.75, 3.05) is 15.1 Å². The maximum Gasteiger partial charge on any atom is 0.242 e. The second kappa shape index (κ2) is 16.1. The number of rotatable bonds is 4. The summed E-state index contributed by atoms with van der Waals surface area (Å²) in [6.07, 6.45) is 8.90. The summed E-state index contributed by atoms with van der Waals surface area (Å²) in [6.45, 7) is 15.3. The Kier molecular flexibility index (Phi) is 10.7. The molecule has 13 nitrogen and oxygen atoms in total. The molecule has 0 atom stereocenters. The number of benzene rings is 3. The summed E-state index contributed by atoms with van der Waals surface area (Å²) in [4.78, 5) is 71.0. The van der Waals surface area contributed by atoms with Gasteiger partial charge in [0.2, 0.25) is 17.7 Å². The van der Waals surface area contributed by atoms with Crippen molar-refractivity contribution < 1.29 is 14.4 Å². The third-order valence-electron chi connectivity index (χ3n) is 11.2. The quantitative estimate of drug-likeness (QED) is 0.182. The fraction of sp³-hybridized carbons (Fsp3) is 0.224. The van der Waals surface area contributed by atoms with Crippen molar-refractivity contribution in [3.05, 3.63) is 156 Å². The lowest BCUT2D eigenvalue weighted by Gasteiger charge is -2.19. The third-order valence-corrected chi connectivity index (χ3v) is 11.2. The van der Waals surface area contributed by atoms with Crippen LogP contribution in [-0.2, 0) is 31.6 Å². The van der Waals surface area contributed by atoms with Crippen LogP contribution in [0.2, 0.25) is 0 Å². The summed E-state index contributed by atoms with van der Waals surface area (Å²) in [6, 6.07) is 27.6. The van der Waals surface area contributed by atoms with Gasteiger partial charge in [0.05, 0.1) is 70.0 Å². The zero-order valence-corrected chi connectivity index (χ0v) is 35.9. The fourth-order valence-corrected chi connectivity index (χ4v) is 7.82. The minimum Gasteiger partial charge on any atom is -0.326 e. The van der Waals surface area contributed by atoms with Gasteiger partial charge in [0.15, 0.2) is 11.6 Å². The standard InChI is InChI=1S/C21H20N4O.C20H19N5O.C8H7NO/c1-13-6-5-7-17(23-13)15-8-9-16-18(10-15)25(20(26)21(16,3)4)19-12-22-11-14(2)24-19;1-12-10-23-18(11-22-12)25-17-9-14(16-7-8-21-13(2)24-16)5-6-15(17)20(3,4)19(25)26;10-8-5-6-3-1-2-4-7(6)9-8/h5-12H,1-4H3;5-11H,1-4H3;1-4H,5H2,(H,9,10). The molecule has 0 saturated carbocycles. The van der Waals surface area contributed by atoms with Gasteiger partial charge < -0.3 is 5.32 Å². The van der Waals surface area contributed by atoms with Gasteiger partial charge >= 0.3 is 0 Å². The molecule has 7 heterocycles. The van der Waals surface area contributed by atoms with E-state index in [4.69, 9.17) is 0 Å². The Morgan fingerprint density at radius 3 is 1.81 bits per heavy atom. The molecule has 10 rings (SSSR count). The van der Waals surface area contributed by atoms with E-state index in [1.807, 2.05) is 140 Å². The van der Waals surface area contributed by atoms with E-state index in [1.165, 1.54) is 0 Å². The first-order valence-corrected chi connectivity index (χ1v) is 20.3. The first-order chi connectivity index (χ1) is 29.6. The predicted octanol–water partition coefficient (Wildman–Crippen LogP) is 8.80. The lowest BCUT2D eigenvalue weighted by Crippen LogP contribution is -2.33. The molecule has 1 N–H and O–H groups in total. The Morgan fingerprint density at radius 1 is 0.565 bits per heavy atom. The molecule has 7 aromatic rings. The Hall–Kier alpha value is -7.54. The molecule has 3 amide bonds. The summed E-state index contributed by atoms with van der Waals surface area (Å²) in [5, 5.41) is 2.76. The number of amides is 3. The van der Waals surface area contributed by atoms with Crippen LogP contribution in [0.15, 0.2) is 116 Å². The first kappa shape index (κ1) is 41.2. The molecule has 0 spiro atoms. The third kappa shape index (κ3) is 7.80. The molecule has 4 aromatic heterocycles. The molecule has 0 fully saturated rings. The molecule has 0 bridgehead atoms. The van der Waals surface area contributed by atoms with Gasteiger partial charge in [0.25, 0.3) is 0 Å². The zero-order chi connectivity index (χ0) is 43.9. The molecule has 13 heteroatoms. The molecule has 310 valence electrons. The van der Waals surface area contributed by atoms with Gasteiger partial charge in [0.1, 0.15) is 5.82 Å². The maximum atomic E-state index is 13.1. The number of anilines is 5. The van der Waals surface area contributed by atoms with Crippen LogP contribution < -0.4 is 15.1 Å². The number of pyridine rings is 1. The van der Waals surface area contributed by atoms with Crippen molar-refractivity contribution in [1.82, 2.24) is 34.9 Å². The molecule has 3 aliphatic rings. The van der Waals surface area contributed by atoms with E-state index in [1.54, 1.807) is 40.8 Å². The van der Waals surface area contributed by atoms with Gasteiger partial charge in [-0.1, -0.05) is 48.5 Å². The number of nitrogens with one attached hydrogen (secondary N) is 1. The highest BCUT2D eigenvalue weighted by molar-refractivity contribution is 6.13. The van der Waals surface area contributed by atoms with E-state index >= 15 is 0 Å². The molecule has 0 radical (unpaired) electrons. The van der Waals surface area contributed by atoms with E-state index in [2.05, 4.69) is 40.2 Å². The van der Waals surface area contributed by atoms with Crippen molar-refractivity contribution in [2.45, 2.75) is 72.6 Å². The summed E-state index contributed by atoms with van der Waals surface area (Å²) in [7, 11) is 0. The molecule has 62 heavy (non-hydrogen) atoms. The normalized spacial score (nSPS) is 15.1. The van der Waals surface area contributed by atoms with Gasteiger partial charge in [-0.05, 0) is 108 Å². The topological polar surface area (TPSA) is 160 Å². The average molecular weight is 823 g/mol. The Labute approximate surface area is 360 Å². The van der Waals surface area contributed by atoms with Crippen LogP contribution in [0, 0.1) is 27.7 Å². The van der Waals surface area contributed by atoms with E-state index in [9.17, 15) is 14.4 Å². The lowest BCUT2D eigenvalue weighted by atomic mass is 9.85. The number of hydrogen-bond acceptors (Lipinski definition) is 10. The Morgan fingerprint density at radius 2 is 1.21 bits per heavy atom. The van der Waals surface area contributed by atoms with Crippen molar-refractivity contribution in [3.8, 4) is 22.5 Å². The molecular weight excluding hydrogens is 777 g/mol. The maximum absolute atomic E-state index is 13.1. The molecule has 0 aliphatic carbocycles. The number of carbonyl (C=O) groups is 3. The van der Waals surface area contributed by atoms with E-state index in [0.717, 1.165) is 73.3 Å². The number of aromatic nitrogens is 7. The van der Waals surface area contributed by atoms with Crippen LogP contribution in [0.1, 0.15) is 67.3 Å². The van der Waals surface area contributed by atoms with E-state index in [0.29, 0.717) is 23.9 Å². The zero-order valence-electron chi connectivity index (χ0n) is 35.9. The Bertz CT molecular complexity index is 2860. The second-order valence-corrected chi connectivity index (χ2v) is 16.6. The minimum atomic E-state index is -0.623. The van der Waals surface area contributed by atoms with Crippen molar-refractivity contribution in [2.24, 2.45) is 0 Å². The van der Waals surface area contributed by atoms with Gasteiger partial charge in [-0.25, -0.2) is 19.9 Å². The summed E-state index contributed by atoms with van der Waals surface area (Å²) in [5.41, 5.74) is 10.6. The smallest absolute Gasteiger partial charge is 0.242 e. The van der Waals surface area contributed by atoms with Crippen LogP contribution in [0.5, 0.6) is 0 Å². The largest absolute Gasteiger partial charge is 0.326 e. The molecule has 0 saturated heterocycles. The highest BCUT2D eigenvalue weighted by Crippen LogP contribution is 2.47. The first-order valence-electron chi connectivity index (χ1n) is 20.3. The molecule has 0 unspecified atom stereocenters. The van der Waals surface area contributed by atoms with Crippen LogP contribution in [0.25, 0.3) is 22.5 Å². The van der Waals surface area contributed by atoms with Crippen molar-refractivity contribution in [3.63, 3.8) is 0 Å². The predicted molar refractivity (Wildman–Crippen MR) is 239 cm³/mol. The van der Waals surface area contributed by atoms with Crippen molar-refractivity contribution >= 4 is 46.4 Å². The molecule has 3 aromatic carbocycles. The molecular formula is C49H46N10O3. The summed E-state index contributed by atoms with van der Waals surface area (Å²) < 4.78 is 0. The van der Waals surface area contributed by atoms with Crippen LogP contribution in [-0.4, -0.2) is 52.6 Å². The monoisotopic (exact) mass is 822 g/mol. The van der Waals surface area contributed by atoms with Crippen LogP contribution in [0.3, 0.4) is 0 Å². The second-order valence-electron chi connectivity index (χ2n) is 16.6. The Balaban J connectivity index is 0.000000140.